The van der Waals surface area contributed by atoms with E-state index < -0.39 is 0 Å². The number of nitrogens with one attached hydrogen (secondary N) is 3. The molecule has 30 heavy (non-hydrogen) atoms. The van der Waals surface area contributed by atoms with Crippen molar-refractivity contribution in [3.8, 4) is 0 Å². The molecule has 6 nitrogen and oxygen atoms in total. The minimum absolute atomic E-state index is 0.0677. The Morgan fingerprint density at radius 1 is 1.03 bits per heavy atom. The number of nitrogens with zero attached hydrogens (tertiary/aromatic N) is 1. The Kier molecular flexibility index (Phi) is 6.42. The maximum Gasteiger partial charge on any atom is 0.251 e. The smallest absolute Gasteiger partial charge is 0.251 e. The Morgan fingerprint density at radius 3 is 2.70 bits per heavy atom. The first-order valence-electron chi connectivity index (χ1n) is 10.8. The van der Waals surface area contributed by atoms with Gasteiger partial charge in [-0.1, -0.05) is 37.5 Å². The molecule has 0 aliphatic heterocycles. The number of aromatic amines is 1. The highest BCUT2D eigenvalue weighted by Crippen LogP contribution is 2.25. The van der Waals surface area contributed by atoms with Crippen molar-refractivity contribution in [1.82, 2.24) is 15.3 Å². The van der Waals surface area contributed by atoms with Crippen LogP contribution < -0.4 is 10.6 Å². The number of rotatable bonds is 7. The van der Waals surface area contributed by atoms with Crippen LogP contribution in [0.2, 0.25) is 0 Å². The van der Waals surface area contributed by atoms with Crippen molar-refractivity contribution in [2.45, 2.75) is 44.9 Å². The summed E-state index contributed by atoms with van der Waals surface area (Å²) in [5, 5.41) is 5.93. The number of anilines is 1. The average Bonchev–Trinajstić information content (AvgIpc) is 3.20. The Balaban J connectivity index is 1.26. The highest BCUT2D eigenvalue weighted by Gasteiger charge is 2.21. The van der Waals surface area contributed by atoms with Crippen LogP contribution in [0, 0.1) is 5.92 Å². The van der Waals surface area contributed by atoms with Crippen LogP contribution in [0.5, 0.6) is 0 Å². The molecule has 1 heterocycles. The molecule has 0 bridgehead atoms. The van der Waals surface area contributed by atoms with Gasteiger partial charge in [0, 0.05) is 30.1 Å². The molecular weight excluding hydrogens is 376 g/mol. The van der Waals surface area contributed by atoms with Crippen LogP contribution in [0.25, 0.3) is 11.0 Å². The van der Waals surface area contributed by atoms with Crippen LogP contribution in [-0.2, 0) is 11.2 Å². The zero-order chi connectivity index (χ0) is 20.8. The number of carbonyl (C=O) groups excluding carboxylic acids is 2. The first kappa shape index (κ1) is 20.1. The molecule has 1 saturated carbocycles. The molecule has 0 unspecified atom stereocenters. The van der Waals surface area contributed by atoms with E-state index in [9.17, 15) is 9.59 Å². The molecule has 6 heteroatoms. The fraction of sp³-hybridized carbons (Fsp3) is 0.375. The van der Waals surface area contributed by atoms with Crippen LogP contribution >= 0.6 is 0 Å². The molecular formula is C24H28N4O2. The second-order valence-electron chi connectivity index (χ2n) is 7.97. The van der Waals surface area contributed by atoms with Crippen molar-refractivity contribution >= 4 is 28.5 Å². The normalized spacial score (nSPS) is 14.5. The minimum Gasteiger partial charge on any atom is -0.352 e. The van der Waals surface area contributed by atoms with Crippen LogP contribution in [0.4, 0.5) is 5.69 Å². The van der Waals surface area contributed by atoms with Crippen LogP contribution in [0.15, 0.2) is 48.5 Å². The summed E-state index contributed by atoms with van der Waals surface area (Å²) >= 11 is 0. The van der Waals surface area contributed by atoms with Crippen molar-refractivity contribution < 1.29 is 9.59 Å². The topological polar surface area (TPSA) is 86.9 Å². The third-order valence-electron chi connectivity index (χ3n) is 5.68. The van der Waals surface area contributed by atoms with E-state index >= 15 is 0 Å². The molecule has 3 aromatic rings. The number of benzene rings is 2. The summed E-state index contributed by atoms with van der Waals surface area (Å²) in [6.07, 6.45) is 6.93. The number of amides is 2. The van der Waals surface area contributed by atoms with Crippen molar-refractivity contribution in [3.05, 3.63) is 59.9 Å². The standard InChI is InChI=1S/C24H28N4O2/c29-23(25-15-7-14-22-27-20-12-4-5-13-21(20)28-22)18-10-6-11-19(16-18)26-24(30)17-8-2-1-3-9-17/h4-6,10-13,16-17H,1-3,7-9,14-15H2,(H,25,29)(H,26,30)(H,27,28). The number of imidazole rings is 1. The zero-order valence-corrected chi connectivity index (χ0v) is 17.1. The lowest BCUT2D eigenvalue weighted by Gasteiger charge is -2.20. The van der Waals surface area contributed by atoms with Gasteiger partial charge in [0.05, 0.1) is 11.0 Å². The van der Waals surface area contributed by atoms with Gasteiger partial charge < -0.3 is 15.6 Å². The molecule has 0 atom stereocenters. The maximum absolute atomic E-state index is 12.5. The first-order chi connectivity index (χ1) is 14.7. The van der Waals surface area contributed by atoms with Gasteiger partial charge in [-0.3, -0.25) is 9.59 Å². The predicted octanol–water partition coefficient (Wildman–Crippen LogP) is 4.44. The molecule has 3 N–H and O–H groups in total. The lowest BCUT2D eigenvalue weighted by Crippen LogP contribution is -2.26. The predicted molar refractivity (Wildman–Crippen MR) is 118 cm³/mol. The molecule has 2 aromatic carbocycles. The van der Waals surface area contributed by atoms with Crippen LogP contribution in [0.1, 0.15) is 54.7 Å². The number of carbonyl (C=O) groups is 2. The van der Waals surface area contributed by atoms with E-state index in [0.29, 0.717) is 17.8 Å². The van der Waals surface area contributed by atoms with Gasteiger partial charge >= 0.3 is 0 Å². The summed E-state index contributed by atoms with van der Waals surface area (Å²) in [5.74, 6) is 0.957. The van der Waals surface area contributed by atoms with Crippen LogP contribution in [-0.4, -0.2) is 28.3 Å². The van der Waals surface area contributed by atoms with E-state index in [2.05, 4.69) is 20.6 Å². The van der Waals surface area contributed by atoms with Gasteiger partial charge in [-0.15, -0.1) is 0 Å². The van der Waals surface area contributed by atoms with E-state index in [-0.39, 0.29) is 17.7 Å². The van der Waals surface area contributed by atoms with Gasteiger partial charge in [0.1, 0.15) is 5.82 Å². The number of hydrogen-bond donors (Lipinski definition) is 3. The fourth-order valence-electron chi connectivity index (χ4n) is 4.03. The molecule has 4 rings (SSSR count). The van der Waals surface area contributed by atoms with Crippen LogP contribution in [0.3, 0.4) is 0 Å². The summed E-state index contributed by atoms with van der Waals surface area (Å²) in [7, 11) is 0. The Hall–Kier alpha value is -3.15. The van der Waals surface area contributed by atoms with Gasteiger partial charge in [-0.2, -0.15) is 0 Å². The first-order valence-corrected chi connectivity index (χ1v) is 10.8. The van der Waals surface area contributed by atoms with Crippen molar-refractivity contribution in [3.63, 3.8) is 0 Å². The summed E-state index contributed by atoms with van der Waals surface area (Å²) in [5.41, 5.74) is 3.23. The Labute approximate surface area is 176 Å². The number of fused-ring (bicyclic) bond motifs is 1. The largest absolute Gasteiger partial charge is 0.352 e. The summed E-state index contributed by atoms with van der Waals surface area (Å²) in [6.45, 7) is 0.564. The lowest BCUT2D eigenvalue weighted by atomic mass is 9.88. The highest BCUT2D eigenvalue weighted by molar-refractivity contribution is 5.97. The van der Waals surface area contributed by atoms with Crippen molar-refractivity contribution in [2.24, 2.45) is 5.92 Å². The second-order valence-corrected chi connectivity index (χ2v) is 7.97. The van der Waals surface area contributed by atoms with Gasteiger partial charge in [-0.05, 0) is 49.6 Å². The molecule has 156 valence electrons. The molecule has 1 aliphatic carbocycles. The number of para-hydroxylation sites is 2. The Bertz CT molecular complexity index is 988. The van der Waals surface area contributed by atoms with Gasteiger partial charge in [0.2, 0.25) is 5.91 Å². The Morgan fingerprint density at radius 2 is 1.87 bits per heavy atom. The number of aromatic nitrogens is 2. The van der Waals surface area contributed by atoms with E-state index in [4.69, 9.17) is 0 Å². The molecule has 2 amide bonds. The summed E-state index contributed by atoms with van der Waals surface area (Å²) in [4.78, 5) is 32.8. The third-order valence-corrected chi connectivity index (χ3v) is 5.68. The van der Waals surface area contributed by atoms with Crippen molar-refractivity contribution in [1.29, 1.82) is 0 Å². The fourth-order valence-corrected chi connectivity index (χ4v) is 4.03. The summed E-state index contributed by atoms with van der Waals surface area (Å²) < 4.78 is 0. The summed E-state index contributed by atoms with van der Waals surface area (Å²) in [6, 6.07) is 15.1. The molecule has 1 aliphatic rings. The van der Waals surface area contributed by atoms with E-state index in [0.717, 1.165) is 55.4 Å². The SMILES string of the molecule is O=C(NCCCc1nc2ccccc2[nH]1)c1cccc(NC(=O)C2CCCCC2)c1. The van der Waals surface area contributed by atoms with E-state index in [1.165, 1.54) is 6.42 Å². The van der Waals surface area contributed by atoms with Gasteiger partial charge in [-0.25, -0.2) is 4.98 Å². The monoisotopic (exact) mass is 404 g/mol. The van der Waals surface area contributed by atoms with E-state index in [1.54, 1.807) is 18.2 Å². The number of aryl methyl sites for hydroxylation is 1. The number of hydrogen-bond acceptors (Lipinski definition) is 3. The average molecular weight is 405 g/mol. The maximum atomic E-state index is 12.5. The molecule has 0 saturated heterocycles. The van der Waals surface area contributed by atoms with Gasteiger partial charge in [0.15, 0.2) is 0 Å². The molecule has 1 fully saturated rings. The number of H-pyrrole nitrogens is 1. The van der Waals surface area contributed by atoms with Gasteiger partial charge in [0.25, 0.3) is 5.91 Å². The minimum atomic E-state index is -0.131. The molecule has 1 aromatic heterocycles. The van der Waals surface area contributed by atoms with E-state index in [1.807, 2.05) is 30.3 Å². The zero-order valence-electron chi connectivity index (χ0n) is 17.1. The molecule has 0 radical (unpaired) electrons. The molecule has 0 spiro atoms. The highest BCUT2D eigenvalue weighted by atomic mass is 16.2. The third kappa shape index (κ3) is 5.06. The second kappa shape index (κ2) is 9.57. The van der Waals surface area contributed by atoms with Crippen molar-refractivity contribution in [2.75, 3.05) is 11.9 Å². The quantitative estimate of drug-likeness (QED) is 0.509. The lowest BCUT2D eigenvalue weighted by molar-refractivity contribution is -0.120.